The Bertz CT molecular complexity index is 779. The van der Waals surface area contributed by atoms with Gasteiger partial charge in [-0.3, -0.25) is 4.79 Å². The average Bonchev–Trinajstić information content (AvgIpc) is 3.10. The summed E-state index contributed by atoms with van der Waals surface area (Å²) in [6, 6.07) is 6.79. The number of nitrogens with zero attached hydrogens (tertiary/aromatic N) is 1. The lowest BCUT2D eigenvalue weighted by Crippen LogP contribution is -2.34. The van der Waals surface area contributed by atoms with Crippen molar-refractivity contribution in [3.63, 3.8) is 0 Å². The van der Waals surface area contributed by atoms with Gasteiger partial charge >= 0.3 is 7.12 Å². The van der Waals surface area contributed by atoms with Gasteiger partial charge in [0.15, 0.2) is 0 Å². The highest BCUT2D eigenvalue weighted by molar-refractivity contribution is 6.58. The topological polar surface area (TPSA) is 60.8 Å². The van der Waals surface area contributed by atoms with Crippen molar-refractivity contribution in [2.45, 2.75) is 219 Å². The molecular formula is C43H80BNO3. The zero-order valence-corrected chi connectivity index (χ0v) is 32.2. The van der Waals surface area contributed by atoms with Gasteiger partial charge in [0.25, 0.3) is 5.91 Å². The molecule has 1 rings (SSSR count). The summed E-state index contributed by atoms with van der Waals surface area (Å²) in [4.78, 5) is 15.5. The van der Waals surface area contributed by atoms with E-state index in [1.165, 1.54) is 193 Å². The van der Waals surface area contributed by atoms with E-state index in [0.717, 1.165) is 25.9 Å². The molecule has 4 nitrogen and oxygen atoms in total. The Morgan fingerprint density at radius 2 is 0.688 bits per heavy atom. The second-order valence-electron chi connectivity index (χ2n) is 14.9. The summed E-state index contributed by atoms with van der Waals surface area (Å²) in [5, 5.41) is 18.9. The van der Waals surface area contributed by atoms with Crippen LogP contribution in [0.3, 0.4) is 0 Å². The number of carbonyl (C=O) groups excluding carboxylic acids is 1. The molecule has 0 aliphatic heterocycles. The van der Waals surface area contributed by atoms with E-state index >= 15 is 0 Å². The van der Waals surface area contributed by atoms with E-state index in [0.29, 0.717) is 11.0 Å². The molecule has 0 aromatic heterocycles. The standard InChI is InChI=1S/C43H80BNO3/c1-3-5-7-9-11-13-15-17-19-21-23-25-27-29-31-33-39-45(43(46)41-35-37-42(38-36-41)44(47)48)40-34-32-30-28-26-24-22-20-18-16-14-12-10-8-6-4-2/h35-38,47-48H,3-34,39-40H2,1-2H3. The highest BCUT2D eigenvalue weighted by Gasteiger charge is 2.17. The summed E-state index contributed by atoms with van der Waals surface area (Å²) < 4.78 is 0. The maximum atomic E-state index is 13.4. The first-order valence-corrected chi connectivity index (χ1v) is 21.4. The van der Waals surface area contributed by atoms with Gasteiger partial charge in [0.05, 0.1) is 0 Å². The van der Waals surface area contributed by atoms with Crippen LogP contribution >= 0.6 is 0 Å². The molecule has 278 valence electrons. The molecule has 2 N–H and O–H groups in total. The normalized spacial score (nSPS) is 11.3. The third kappa shape index (κ3) is 26.5. The van der Waals surface area contributed by atoms with E-state index in [1.807, 2.05) is 0 Å². The number of hydrogen-bond donors (Lipinski definition) is 2. The first-order valence-electron chi connectivity index (χ1n) is 21.4. The fourth-order valence-corrected chi connectivity index (χ4v) is 7.00. The lowest BCUT2D eigenvalue weighted by atomic mass is 9.80. The molecule has 0 spiro atoms. The Morgan fingerprint density at radius 1 is 0.438 bits per heavy atom. The van der Waals surface area contributed by atoms with Crippen molar-refractivity contribution in [3.05, 3.63) is 29.8 Å². The van der Waals surface area contributed by atoms with Crippen LogP contribution in [-0.4, -0.2) is 41.1 Å². The van der Waals surface area contributed by atoms with Gasteiger partial charge in [-0.25, -0.2) is 0 Å². The van der Waals surface area contributed by atoms with E-state index in [4.69, 9.17) is 0 Å². The molecule has 0 aliphatic carbocycles. The Labute approximate surface area is 299 Å². The number of rotatable bonds is 36. The molecule has 0 saturated heterocycles. The maximum Gasteiger partial charge on any atom is 0.488 e. The SMILES string of the molecule is CCCCCCCCCCCCCCCCCCN(CCCCCCCCCCCCCCCCCC)C(=O)c1ccc(B(O)O)cc1. The number of carbonyl (C=O) groups is 1. The van der Waals surface area contributed by atoms with Gasteiger partial charge in [0, 0.05) is 18.7 Å². The van der Waals surface area contributed by atoms with Gasteiger partial charge in [-0.2, -0.15) is 0 Å². The lowest BCUT2D eigenvalue weighted by molar-refractivity contribution is 0.0749. The average molecular weight is 670 g/mol. The van der Waals surface area contributed by atoms with Gasteiger partial charge in [-0.15, -0.1) is 0 Å². The van der Waals surface area contributed by atoms with Gasteiger partial charge < -0.3 is 14.9 Å². The summed E-state index contributed by atoms with van der Waals surface area (Å²) in [6.07, 6.45) is 43.3. The molecule has 0 fully saturated rings. The molecule has 0 aliphatic rings. The Balaban J connectivity index is 2.18. The first-order chi connectivity index (χ1) is 23.6. The van der Waals surface area contributed by atoms with E-state index in [9.17, 15) is 14.8 Å². The predicted molar refractivity (Wildman–Crippen MR) is 211 cm³/mol. The second kappa shape index (κ2) is 34.1. The van der Waals surface area contributed by atoms with Crippen molar-refractivity contribution in [3.8, 4) is 0 Å². The van der Waals surface area contributed by atoms with Crippen molar-refractivity contribution >= 4 is 18.5 Å². The van der Waals surface area contributed by atoms with Gasteiger partial charge in [0.1, 0.15) is 0 Å². The molecule has 0 atom stereocenters. The van der Waals surface area contributed by atoms with Crippen molar-refractivity contribution in [2.75, 3.05) is 13.1 Å². The van der Waals surface area contributed by atoms with Crippen molar-refractivity contribution in [1.82, 2.24) is 4.90 Å². The van der Waals surface area contributed by atoms with Crippen LogP contribution in [0.4, 0.5) is 0 Å². The van der Waals surface area contributed by atoms with E-state index in [-0.39, 0.29) is 5.91 Å². The van der Waals surface area contributed by atoms with E-state index in [2.05, 4.69) is 18.7 Å². The fraction of sp³-hybridized carbons (Fsp3) is 0.837. The third-order valence-electron chi connectivity index (χ3n) is 10.3. The zero-order chi connectivity index (χ0) is 34.8. The molecule has 0 heterocycles. The Hall–Kier alpha value is -1.33. The summed E-state index contributed by atoms with van der Waals surface area (Å²) >= 11 is 0. The molecule has 1 aromatic carbocycles. The van der Waals surface area contributed by atoms with E-state index in [1.54, 1.807) is 24.3 Å². The largest absolute Gasteiger partial charge is 0.488 e. The minimum atomic E-state index is -1.50. The molecule has 1 aromatic rings. The lowest BCUT2D eigenvalue weighted by Gasteiger charge is -2.23. The zero-order valence-electron chi connectivity index (χ0n) is 32.2. The monoisotopic (exact) mass is 670 g/mol. The third-order valence-corrected chi connectivity index (χ3v) is 10.3. The molecule has 1 amide bonds. The summed E-state index contributed by atoms with van der Waals surface area (Å²) in [5.74, 6) is 0.0795. The van der Waals surface area contributed by atoms with Crippen LogP contribution in [-0.2, 0) is 0 Å². The number of benzene rings is 1. The molecular weight excluding hydrogens is 589 g/mol. The molecule has 0 saturated carbocycles. The highest BCUT2D eigenvalue weighted by atomic mass is 16.4. The molecule has 5 heteroatoms. The molecule has 0 unspecified atom stereocenters. The first kappa shape index (κ1) is 44.7. The van der Waals surface area contributed by atoms with Crippen molar-refractivity contribution in [1.29, 1.82) is 0 Å². The maximum absolute atomic E-state index is 13.4. The van der Waals surface area contributed by atoms with Crippen molar-refractivity contribution in [2.24, 2.45) is 0 Å². The molecule has 0 bridgehead atoms. The second-order valence-corrected chi connectivity index (χ2v) is 14.9. The quantitative estimate of drug-likeness (QED) is 0.0552. The predicted octanol–water partition coefficient (Wildman–Crippen LogP) is 12.3. The Kier molecular flexibility index (Phi) is 31.8. The smallest absolute Gasteiger partial charge is 0.423 e. The fourth-order valence-electron chi connectivity index (χ4n) is 7.00. The van der Waals surface area contributed by atoms with Crippen LogP contribution in [0.2, 0.25) is 0 Å². The van der Waals surface area contributed by atoms with Gasteiger partial charge in [0.2, 0.25) is 0 Å². The summed E-state index contributed by atoms with van der Waals surface area (Å²) in [6.45, 7) is 6.21. The summed E-state index contributed by atoms with van der Waals surface area (Å²) in [7, 11) is -1.50. The van der Waals surface area contributed by atoms with Crippen LogP contribution in [0.5, 0.6) is 0 Å². The molecule has 48 heavy (non-hydrogen) atoms. The highest BCUT2D eigenvalue weighted by Crippen LogP contribution is 2.16. The van der Waals surface area contributed by atoms with Crippen LogP contribution in [0.1, 0.15) is 230 Å². The number of amides is 1. The number of hydrogen-bond acceptors (Lipinski definition) is 3. The minimum Gasteiger partial charge on any atom is -0.423 e. The molecule has 0 radical (unpaired) electrons. The van der Waals surface area contributed by atoms with Gasteiger partial charge in [-0.1, -0.05) is 219 Å². The van der Waals surface area contributed by atoms with Crippen LogP contribution in [0.25, 0.3) is 0 Å². The van der Waals surface area contributed by atoms with Crippen LogP contribution in [0.15, 0.2) is 24.3 Å². The summed E-state index contributed by atoms with van der Waals surface area (Å²) in [5.41, 5.74) is 1.07. The minimum absolute atomic E-state index is 0.0795. The van der Waals surface area contributed by atoms with Crippen LogP contribution < -0.4 is 5.46 Å². The van der Waals surface area contributed by atoms with E-state index < -0.39 is 7.12 Å². The number of unbranched alkanes of at least 4 members (excludes halogenated alkanes) is 30. The Morgan fingerprint density at radius 3 is 0.938 bits per heavy atom. The van der Waals surface area contributed by atoms with Gasteiger partial charge in [-0.05, 0) is 30.4 Å². The van der Waals surface area contributed by atoms with Crippen molar-refractivity contribution < 1.29 is 14.8 Å². The van der Waals surface area contributed by atoms with Crippen LogP contribution in [0, 0.1) is 0 Å².